The van der Waals surface area contributed by atoms with Crippen molar-refractivity contribution in [3.8, 4) is 5.88 Å². The van der Waals surface area contributed by atoms with E-state index in [-0.39, 0.29) is 0 Å². The summed E-state index contributed by atoms with van der Waals surface area (Å²) < 4.78 is 5.49. The van der Waals surface area contributed by atoms with Gasteiger partial charge in [-0.05, 0) is 30.5 Å². The molecule has 0 aliphatic carbocycles. The van der Waals surface area contributed by atoms with Crippen molar-refractivity contribution in [1.82, 2.24) is 9.97 Å². The molecule has 0 fully saturated rings. The van der Waals surface area contributed by atoms with Crippen LogP contribution in [0.5, 0.6) is 5.88 Å². The summed E-state index contributed by atoms with van der Waals surface area (Å²) >= 11 is 0. The van der Waals surface area contributed by atoms with Gasteiger partial charge in [0.25, 0.3) is 0 Å². The molecule has 0 bridgehead atoms. The monoisotopic (exact) mass is 272 g/mol. The minimum atomic E-state index is 0.427. The summed E-state index contributed by atoms with van der Waals surface area (Å²) in [6, 6.07) is 8.15. The Morgan fingerprint density at radius 1 is 1.25 bits per heavy atom. The van der Waals surface area contributed by atoms with Crippen molar-refractivity contribution < 1.29 is 4.74 Å². The topological polar surface area (TPSA) is 73.1 Å². The molecule has 20 heavy (non-hydrogen) atoms. The summed E-state index contributed by atoms with van der Waals surface area (Å²) in [5.41, 5.74) is 8.67. The van der Waals surface area contributed by atoms with E-state index in [0.29, 0.717) is 24.0 Å². The summed E-state index contributed by atoms with van der Waals surface area (Å²) in [7, 11) is 0. The van der Waals surface area contributed by atoms with Crippen LogP contribution in [0.2, 0.25) is 0 Å². The van der Waals surface area contributed by atoms with Gasteiger partial charge in [0.15, 0.2) is 5.82 Å². The van der Waals surface area contributed by atoms with Gasteiger partial charge in [-0.2, -0.15) is 4.98 Å². The molecule has 0 atom stereocenters. The van der Waals surface area contributed by atoms with Crippen molar-refractivity contribution >= 4 is 17.2 Å². The van der Waals surface area contributed by atoms with Crippen LogP contribution in [-0.4, -0.2) is 16.6 Å². The van der Waals surface area contributed by atoms with Gasteiger partial charge in [0.2, 0.25) is 5.88 Å². The van der Waals surface area contributed by atoms with Crippen LogP contribution in [0.15, 0.2) is 30.6 Å². The summed E-state index contributed by atoms with van der Waals surface area (Å²) in [5, 5.41) is 3.21. The smallest absolute Gasteiger partial charge is 0.242 e. The first-order valence-electron chi connectivity index (χ1n) is 6.83. The second-order valence-electron chi connectivity index (χ2n) is 4.47. The number of benzene rings is 1. The quantitative estimate of drug-likeness (QED) is 0.845. The van der Waals surface area contributed by atoms with Gasteiger partial charge in [-0.1, -0.05) is 26.0 Å². The van der Waals surface area contributed by atoms with E-state index < -0.39 is 0 Å². The van der Waals surface area contributed by atoms with Gasteiger partial charge in [-0.15, -0.1) is 0 Å². The average molecular weight is 272 g/mol. The molecule has 2 aromatic rings. The van der Waals surface area contributed by atoms with E-state index in [9.17, 15) is 0 Å². The molecule has 0 saturated carbocycles. The van der Waals surface area contributed by atoms with E-state index in [4.69, 9.17) is 10.5 Å². The zero-order chi connectivity index (χ0) is 14.4. The fourth-order valence-corrected chi connectivity index (χ4v) is 1.80. The van der Waals surface area contributed by atoms with E-state index in [1.54, 1.807) is 0 Å². The van der Waals surface area contributed by atoms with Crippen LogP contribution in [0.1, 0.15) is 25.8 Å². The third kappa shape index (κ3) is 3.38. The summed E-state index contributed by atoms with van der Waals surface area (Å²) in [6.45, 7) is 4.74. The van der Waals surface area contributed by atoms with E-state index >= 15 is 0 Å². The van der Waals surface area contributed by atoms with Crippen molar-refractivity contribution in [2.75, 3.05) is 17.7 Å². The third-order valence-corrected chi connectivity index (χ3v) is 2.89. The number of aryl methyl sites for hydroxylation is 1. The Labute approximate surface area is 119 Å². The molecule has 1 heterocycles. The van der Waals surface area contributed by atoms with Gasteiger partial charge in [0.1, 0.15) is 12.0 Å². The van der Waals surface area contributed by atoms with E-state index in [0.717, 1.165) is 18.5 Å². The average Bonchev–Trinajstić information content (AvgIpc) is 2.48. The molecule has 0 saturated heterocycles. The molecular formula is C15H20N4O. The molecule has 0 spiro atoms. The van der Waals surface area contributed by atoms with E-state index in [2.05, 4.69) is 34.3 Å². The van der Waals surface area contributed by atoms with Crippen molar-refractivity contribution in [2.45, 2.75) is 26.7 Å². The lowest BCUT2D eigenvalue weighted by molar-refractivity contribution is 0.307. The minimum Gasteiger partial charge on any atom is -0.476 e. The van der Waals surface area contributed by atoms with Crippen molar-refractivity contribution in [1.29, 1.82) is 0 Å². The molecule has 0 aliphatic rings. The highest BCUT2D eigenvalue weighted by Gasteiger charge is 2.09. The standard InChI is InChI=1S/C15H20N4O/c1-3-8-20-15-13(16)14(17-10-18-15)19-12-7-5-6-11(4-2)9-12/h5-7,9-10H,3-4,8,16H2,1-2H3,(H,17,18,19). The Kier molecular flexibility index (Phi) is 4.76. The number of rotatable bonds is 6. The molecular weight excluding hydrogens is 252 g/mol. The van der Waals surface area contributed by atoms with Crippen molar-refractivity contribution in [3.63, 3.8) is 0 Å². The SMILES string of the molecule is CCCOc1ncnc(Nc2cccc(CC)c2)c1N. The van der Waals surface area contributed by atoms with Gasteiger partial charge in [0, 0.05) is 5.69 Å². The molecule has 0 unspecified atom stereocenters. The fourth-order valence-electron chi connectivity index (χ4n) is 1.80. The second kappa shape index (κ2) is 6.75. The first kappa shape index (κ1) is 14.1. The van der Waals surface area contributed by atoms with Crippen molar-refractivity contribution in [3.05, 3.63) is 36.2 Å². The zero-order valence-corrected chi connectivity index (χ0v) is 11.9. The lowest BCUT2D eigenvalue weighted by Gasteiger charge is -2.12. The largest absolute Gasteiger partial charge is 0.476 e. The molecule has 1 aromatic carbocycles. The van der Waals surface area contributed by atoms with Crippen LogP contribution in [0, 0.1) is 0 Å². The predicted molar refractivity (Wildman–Crippen MR) is 81.3 cm³/mol. The number of hydrogen-bond acceptors (Lipinski definition) is 5. The number of nitrogen functional groups attached to an aromatic ring is 1. The van der Waals surface area contributed by atoms with Gasteiger partial charge >= 0.3 is 0 Å². The predicted octanol–water partition coefficient (Wildman–Crippen LogP) is 3.15. The molecule has 5 nitrogen and oxygen atoms in total. The van der Waals surface area contributed by atoms with Crippen molar-refractivity contribution in [2.24, 2.45) is 0 Å². The normalized spacial score (nSPS) is 10.3. The Hall–Kier alpha value is -2.30. The highest BCUT2D eigenvalue weighted by molar-refractivity contribution is 5.72. The molecule has 3 N–H and O–H groups in total. The molecule has 0 amide bonds. The van der Waals surface area contributed by atoms with Crippen LogP contribution < -0.4 is 15.8 Å². The molecule has 1 aromatic heterocycles. The maximum atomic E-state index is 6.03. The highest BCUT2D eigenvalue weighted by atomic mass is 16.5. The van der Waals surface area contributed by atoms with Gasteiger partial charge < -0.3 is 15.8 Å². The Morgan fingerprint density at radius 3 is 2.85 bits per heavy atom. The fraction of sp³-hybridized carbons (Fsp3) is 0.333. The van der Waals surface area contributed by atoms with Crippen LogP contribution >= 0.6 is 0 Å². The van der Waals surface area contributed by atoms with E-state index in [1.165, 1.54) is 11.9 Å². The number of nitrogens with zero attached hydrogens (tertiary/aromatic N) is 2. The Balaban J connectivity index is 2.20. The summed E-state index contributed by atoms with van der Waals surface area (Å²) in [5.74, 6) is 0.996. The first-order chi connectivity index (χ1) is 9.74. The molecule has 0 aliphatic heterocycles. The number of anilines is 3. The molecule has 2 rings (SSSR count). The number of aromatic nitrogens is 2. The molecule has 0 radical (unpaired) electrons. The number of hydrogen-bond donors (Lipinski definition) is 2. The van der Waals surface area contributed by atoms with Crippen LogP contribution in [-0.2, 0) is 6.42 Å². The molecule has 5 heteroatoms. The Morgan fingerprint density at radius 2 is 2.10 bits per heavy atom. The molecule has 106 valence electrons. The maximum Gasteiger partial charge on any atom is 0.242 e. The van der Waals surface area contributed by atoms with Crippen LogP contribution in [0.4, 0.5) is 17.2 Å². The van der Waals surface area contributed by atoms with Gasteiger partial charge in [-0.3, -0.25) is 0 Å². The first-order valence-corrected chi connectivity index (χ1v) is 6.83. The summed E-state index contributed by atoms with van der Waals surface area (Å²) in [6.07, 6.45) is 3.34. The second-order valence-corrected chi connectivity index (χ2v) is 4.47. The van der Waals surface area contributed by atoms with Gasteiger partial charge in [0.05, 0.1) is 6.61 Å². The number of nitrogens with one attached hydrogen (secondary N) is 1. The minimum absolute atomic E-state index is 0.427. The highest BCUT2D eigenvalue weighted by Crippen LogP contribution is 2.27. The third-order valence-electron chi connectivity index (χ3n) is 2.89. The number of ether oxygens (including phenoxy) is 1. The zero-order valence-electron chi connectivity index (χ0n) is 11.9. The maximum absolute atomic E-state index is 6.03. The van der Waals surface area contributed by atoms with Gasteiger partial charge in [-0.25, -0.2) is 4.98 Å². The lowest BCUT2D eigenvalue weighted by atomic mass is 10.1. The number of nitrogens with two attached hydrogens (primary N) is 1. The van der Waals surface area contributed by atoms with E-state index in [1.807, 2.05) is 19.1 Å². The summed E-state index contributed by atoms with van der Waals surface area (Å²) in [4.78, 5) is 8.22. The van der Waals surface area contributed by atoms with Crippen LogP contribution in [0.25, 0.3) is 0 Å². The van der Waals surface area contributed by atoms with Crippen LogP contribution in [0.3, 0.4) is 0 Å². The Bertz CT molecular complexity index is 572. The lowest BCUT2D eigenvalue weighted by Crippen LogP contribution is -2.06.